The topological polar surface area (TPSA) is 40.6 Å². The second kappa shape index (κ2) is 6.69. The lowest BCUT2D eigenvalue weighted by Crippen LogP contribution is -2.49. The molecule has 0 aromatic heterocycles. The van der Waals surface area contributed by atoms with E-state index in [1.54, 1.807) is 6.07 Å². The van der Waals surface area contributed by atoms with Gasteiger partial charge in [-0.1, -0.05) is 44.2 Å². The predicted molar refractivity (Wildman–Crippen MR) is 102 cm³/mol. The summed E-state index contributed by atoms with van der Waals surface area (Å²) in [5.74, 6) is 0.689. The number of benzene rings is 2. The molecule has 0 bridgehead atoms. The van der Waals surface area contributed by atoms with Gasteiger partial charge in [0, 0.05) is 49.4 Å². The number of amides is 1. The van der Waals surface area contributed by atoms with Crippen LogP contribution in [0.3, 0.4) is 0 Å². The van der Waals surface area contributed by atoms with Gasteiger partial charge in [0.05, 0.1) is 0 Å². The van der Waals surface area contributed by atoms with Crippen LogP contribution in [0.2, 0.25) is 0 Å². The van der Waals surface area contributed by atoms with Crippen molar-refractivity contribution in [3.05, 3.63) is 59.2 Å². The summed E-state index contributed by atoms with van der Waals surface area (Å²) >= 11 is 0. The Morgan fingerprint density at radius 2 is 1.58 bits per heavy atom. The summed E-state index contributed by atoms with van der Waals surface area (Å²) in [5, 5.41) is 0. The van der Waals surface area contributed by atoms with E-state index in [1.807, 2.05) is 41.3 Å². The molecule has 1 amide bonds. The van der Waals surface area contributed by atoms with Crippen molar-refractivity contribution >= 4 is 11.7 Å². The van der Waals surface area contributed by atoms with E-state index in [0.717, 1.165) is 49.4 Å². The molecule has 0 saturated carbocycles. The Hall–Kier alpha value is -2.46. The molecule has 2 aromatic rings. The van der Waals surface area contributed by atoms with E-state index in [4.69, 9.17) is 0 Å². The first kappa shape index (κ1) is 17.0. The zero-order valence-electron chi connectivity index (χ0n) is 15.4. The molecule has 0 radical (unpaired) electrons. The lowest BCUT2D eigenvalue weighted by Gasteiger charge is -2.35. The van der Waals surface area contributed by atoms with Crippen molar-refractivity contribution in [1.29, 1.82) is 0 Å². The Bertz CT molecular complexity index is 864. The monoisotopic (exact) mass is 348 g/mol. The third-order valence-electron chi connectivity index (χ3n) is 5.26. The van der Waals surface area contributed by atoms with E-state index >= 15 is 0 Å². The predicted octanol–water partition coefficient (Wildman–Crippen LogP) is 3.31. The van der Waals surface area contributed by atoms with Crippen LogP contribution in [0.1, 0.15) is 40.1 Å². The van der Waals surface area contributed by atoms with Crippen molar-refractivity contribution in [3.63, 3.8) is 0 Å². The molecule has 134 valence electrons. The van der Waals surface area contributed by atoms with Gasteiger partial charge in [-0.15, -0.1) is 0 Å². The molecule has 0 N–H and O–H groups in total. The second-order valence-corrected chi connectivity index (χ2v) is 7.62. The number of rotatable bonds is 3. The highest BCUT2D eigenvalue weighted by Gasteiger charge is 2.28. The molecule has 26 heavy (non-hydrogen) atoms. The average Bonchev–Trinajstić information content (AvgIpc) is 2.94. The molecule has 1 aliphatic heterocycles. The molecule has 0 atom stereocenters. The molecular weight excluding hydrogens is 324 g/mol. The SMILES string of the molecule is CC(C)CN1CCN(C(=O)c2ccc3c(c2)C(=O)c2ccccc2-3)CC1. The number of ketones is 1. The van der Waals surface area contributed by atoms with Gasteiger partial charge in [0.1, 0.15) is 0 Å². The lowest BCUT2D eigenvalue weighted by atomic mass is 10.0. The summed E-state index contributed by atoms with van der Waals surface area (Å²) < 4.78 is 0. The molecule has 1 heterocycles. The molecule has 1 saturated heterocycles. The maximum atomic E-state index is 12.9. The van der Waals surface area contributed by atoms with Crippen LogP contribution in [-0.4, -0.2) is 54.2 Å². The molecule has 4 rings (SSSR count). The molecule has 0 spiro atoms. The van der Waals surface area contributed by atoms with Crippen LogP contribution in [0.4, 0.5) is 0 Å². The van der Waals surface area contributed by atoms with Crippen molar-refractivity contribution in [3.8, 4) is 11.1 Å². The first-order valence-corrected chi connectivity index (χ1v) is 9.34. The number of carbonyl (C=O) groups is 2. The van der Waals surface area contributed by atoms with Crippen LogP contribution in [0.15, 0.2) is 42.5 Å². The largest absolute Gasteiger partial charge is 0.336 e. The molecule has 0 unspecified atom stereocenters. The normalized spacial score (nSPS) is 16.7. The zero-order valence-corrected chi connectivity index (χ0v) is 15.4. The van der Waals surface area contributed by atoms with Gasteiger partial charge in [0.2, 0.25) is 0 Å². The molecule has 4 nitrogen and oxygen atoms in total. The quantitative estimate of drug-likeness (QED) is 0.729. The number of piperazine rings is 1. The first-order chi connectivity index (χ1) is 12.5. The Kier molecular flexibility index (Phi) is 4.37. The number of nitrogens with zero attached hydrogens (tertiary/aromatic N) is 2. The van der Waals surface area contributed by atoms with E-state index in [9.17, 15) is 9.59 Å². The summed E-state index contributed by atoms with van der Waals surface area (Å²) in [6.45, 7) is 8.84. The maximum absolute atomic E-state index is 12.9. The molecule has 1 fully saturated rings. The number of hydrogen-bond donors (Lipinski definition) is 0. The van der Waals surface area contributed by atoms with Gasteiger partial charge in [0.15, 0.2) is 5.78 Å². The van der Waals surface area contributed by atoms with Gasteiger partial charge in [-0.2, -0.15) is 0 Å². The highest BCUT2D eigenvalue weighted by atomic mass is 16.2. The van der Waals surface area contributed by atoms with Gasteiger partial charge in [0.25, 0.3) is 5.91 Å². The molecule has 2 aliphatic rings. The average molecular weight is 348 g/mol. The van der Waals surface area contributed by atoms with Crippen LogP contribution in [-0.2, 0) is 0 Å². The summed E-state index contributed by atoms with van der Waals surface area (Å²) in [6.07, 6.45) is 0. The van der Waals surface area contributed by atoms with Crippen LogP contribution in [0.5, 0.6) is 0 Å². The standard InChI is InChI=1S/C22H24N2O2/c1-15(2)14-23-9-11-24(12-10-23)22(26)16-7-8-18-17-5-3-4-6-19(17)21(25)20(18)13-16/h3-8,13,15H,9-12,14H2,1-2H3. The van der Waals surface area contributed by atoms with E-state index in [2.05, 4.69) is 18.7 Å². The molecule has 1 aliphatic carbocycles. The first-order valence-electron chi connectivity index (χ1n) is 9.34. The summed E-state index contributed by atoms with van der Waals surface area (Å²) in [5.41, 5.74) is 3.89. The van der Waals surface area contributed by atoms with Crippen molar-refractivity contribution in [2.45, 2.75) is 13.8 Å². The van der Waals surface area contributed by atoms with E-state index in [-0.39, 0.29) is 11.7 Å². The zero-order chi connectivity index (χ0) is 18.3. The van der Waals surface area contributed by atoms with Crippen molar-refractivity contribution < 1.29 is 9.59 Å². The van der Waals surface area contributed by atoms with Gasteiger partial charge in [-0.25, -0.2) is 0 Å². The third kappa shape index (κ3) is 2.95. The summed E-state index contributed by atoms with van der Waals surface area (Å²) in [4.78, 5) is 29.9. The highest BCUT2D eigenvalue weighted by Crippen LogP contribution is 2.36. The smallest absolute Gasteiger partial charge is 0.253 e. The minimum absolute atomic E-state index is 0.0204. The fourth-order valence-corrected chi connectivity index (χ4v) is 3.99. The summed E-state index contributed by atoms with van der Waals surface area (Å²) in [6, 6.07) is 13.2. The Balaban J connectivity index is 1.52. The maximum Gasteiger partial charge on any atom is 0.253 e. The van der Waals surface area contributed by atoms with Crippen LogP contribution >= 0.6 is 0 Å². The molecular formula is C22H24N2O2. The van der Waals surface area contributed by atoms with Crippen LogP contribution < -0.4 is 0 Å². The fraction of sp³-hybridized carbons (Fsp3) is 0.364. The van der Waals surface area contributed by atoms with Gasteiger partial charge in [-0.05, 0) is 29.2 Å². The van der Waals surface area contributed by atoms with E-state index < -0.39 is 0 Å². The molecule has 2 aromatic carbocycles. The Morgan fingerprint density at radius 1 is 0.923 bits per heavy atom. The van der Waals surface area contributed by atoms with Crippen LogP contribution in [0, 0.1) is 5.92 Å². The van der Waals surface area contributed by atoms with Gasteiger partial charge < -0.3 is 4.90 Å². The Morgan fingerprint density at radius 3 is 2.27 bits per heavy atom. The van der Waals surface area contributed by atoms with Crippen LogP contribution in [0.25, 0.3) is 11.1 Å². The summed E-state index contributed by atoms with van der Waals surface area (Å²) in [7, 11) is 0. The van der Waals surface area contributed by atoms with E-state index in [1.165, 1.54) is 0 Å². The van der Waals surface area contributed by atoms with Crippen molar-refractivity contribution in [2.75, 3.05) is 32.7 Å². The minimum atomic E-state index is 0.0204. The number of carbonyl (C=O) groups excluding carboxylic acids is 2. The lowest BCUT2D eigenvalue weighted by molar-refractivity contribution is 0.0624. The van der Waals surface area contributed by atoms with Crippen molar-refractivity contribution in [1.82, 2.24) is 9.80 Å². The fourth-order valence-electron chi connectivity index (χ4n) is 3.99. The molecule has 4 heteroatoms. The van der Waals surface area contributed by atoms with Crippen molar-refractivity contribution in [2.24, 2.45) is 5.92 Å². The number of fused-ring (bicyclic) bond motifs is 3. The minimum Gasteiger partial charge on any atom is -0.336 e. The Labute approximate surface area is 154 Å². The third-order valence-corrected chi connectivity index (χ3v) is 5.26. The number of hydrogen-bond acceptors (Lipinski definition) is 3. The van der Waals surface area contributed by atoms with E-state index in [0.29, 0.717) is 17.0 Å². The second-order valence-electron chi connectivity index (χ2n) is 7.62. The van der Waals surface area contributed by atoms with Gasteiger partial charge in [-0.3, -0.25) is 14.5 Å². The van der Waals surface area contributed by atoms with Gasteiger partial charge >= 0.3 is 0 Å². The highest BCUT2D eigenvalue weighted by molar-refractivity contribution is 6.22.